The zero-order valence-corrected chi connectivity index (χ0v) is 15.1. The molecule has 1 aromatic heterocycles. The van der Waals surface area contributed by atoms with Gasteiger partial charge in [-0.15, -0.1) is 0 Å². The number of carbonyl (C=O) groups is 2. The van der Waals surface area contributed by atoms with Crippen molar-refractivity contribution in [1.29, 1.82) is 0 Å². The summed E-state index contributed by atoms with van der Waals surface area (Å²) >= 11 is 0. The van der Waals surface area contributed by atoms with Crippen molar-refractivity contribution in [3.63, 3.8) is 0 Å². The highest BCUT2D eigenvalue weighted by Crippen LogP contribution is 2.39. The maximum Gasteiger partial charge on any atom is 0.251 e. The molecule has 6 heteroatoms. The van der Waals surface area contributed by atoms with Gasteiger partial charge in [-0.2, -0.15) is 0 Å². The second kappa shape index (κ2) is 7.88. The molecule has 0 unspecified atom stereocenters. The first-order valence-corrected chi connectivity index (χ1v) is 9.38. The van der Waals surface area contributed by atoms with Crippen LogP contribution in [0.1, 0.15) is 30.0 Å². The van der Waals surface area contributed by atoms with Gasteiger partial charge in [0.1, 0.15) is 6.61 Å². The SMILES string of the molecule is O=C(NCCc1ccccc1)[C@H]1OCC(=O)N(C2CC2)[C@@H]1c1cccnc1. The van der Waals surface area contributed by atoms with Gasteiger partial charge in [0.2, 0.25) is 5.91 Å². The van der Waals surface area contributed by atoms with Gasteiger partial charge in [0.25, 0.3) is 5.91 Å². The zero-order valence-electron chi connectivity index (χ0n) is 15.1. The zero-order chi connectivity index (χ0) is 18.6. The van der Waals surface area contributed by atoms with Crippen molar-refractivity contribution in [3.05, 3.63) is 66.0 Å². The van der Waals surface area contributed by atoms with E-state index >= 15 is 0 Å². The Hall–Kier alpha value is -2.73. The van der Waals surface area contributed by atoms with Crippen LogP contribution in [0.2, 0.25) is 0 Å². The van der Waals surface area contributed by atoms with E-state index in [0.29, 0.717) is 6.54 Å². The summed E-state index contributed by atoms with van der Waals surface area (Å²) < 4.78 is 5.70. The topological polar surface area (TPSA) is 71.5 Å². The normalized spacial score (nSPS) is 22.5. The monoisotopic (exact) mass is 365 g/mol. The molecular formula is C21H23N3O3. The third-order valence-electron chi connectivity index (χ3n) is 5.04. The summed E-state index contributed by atoms with van der Waals surface area (Å²) in [5, 5.41) is 2.97. The molecule has 1 aliphatic heterocycles. The summed E-state index contributed by atoms with van der Waals surface area (Å²) in [7, 11) is 0. The molecule has 1 aromatic carbocycles. The van der Waals surface area contributed by atoms with Gasteiger partial charge in [-0.3, -0.25) is 14.6 Å². The molecule has 1 saturated carbocycles. The molecule has 27 heavy (non-hydrogen) atoms. The minimum Gasteiger partial charge on any atom is -0.356 e. The molecule has 2 amide bonds. The number of ether oxygens (including phenoxy) is 1. The van der Waals surface area contributed by atoms with Crippen LogP contribution in [0.25, 0.3) is 0 Å². The van der Waals surface area contributed by atoms with E-state index in [-0.39, 0.29) is 24.5 Å². The van der Waals surface area contributed by atoms with Crippen LogP contribution in [0.15, 0.2) is 54.9 Å². The third kappa shape index (κ3) is 4.01. The smallest absolute Gasteiger partial charge is 0.251 e. The molecule has 1 N–H and O–H groups in total. The Morgan fingerprint density at radius 2 is 2.00 bits per heavy atom. The number of rotatable bonds is 6. The number of benzene rings is 1. The van der Waals surface area contributed by atoms with Crippen molar-refractivity contribution < 1.29 is 14.3 Å². The first-order chi connectivity index (χ1) is 13.2. The van der Waals surface area contributed by atoms with Crippen LogP contribution in [0.5, 0.6) is 0 Å². The molecule has 2 atom stereocenters. The van der Waals surface area contributed by atoms with E-state index in [4.69, 9.17) is 4.74 Å². The molecule has 1 aliphatic carbocycles. The maximum atomic E-state index is 12.9. The fourth-order valence-electron chi connectivity index (χ4n) is 3.59. The Morgan fingerprint density at radius 3 is 2.70 bits per heavy atom. The largest absolute Gasteiger partial charge is 0.356 e. The van der Waals surface area contributed by atoms with Gasteiger partial charge in [0.05, 0.1) is 6.04 Å². The van der Waals surface area contributed by atoms with Crippen LogP contribution >= 0.6 is 0 Å². The molecule has 6 nitrogen and oxygen atoms in total. The number of morpholine rings is 1. The fraction of sp³-hybridized carbons (Fsp3) is 0.381. The maximum absolute atomic E-state index is 12.9. The second-order valence-electron chi connectivity index (χ2n) is 7.02. The van der Waals surface area contributed by atoms with Crippen molar-refractivity contribution in [2.75, 3.05) is 13.2 Å². The van der Waals surface area contributed by atoms with E-state index < -0.39 is 12.1 Å². The number of amides is 2. The quantitative estimate of drug-likeness (QED) is 0.848. The van der Waals surface area contributed by atoms with Crippen LogP contribution in [0, 0.1) is 0 Å². The number of carbonyl (C=O) groups excluding carboxylic acids is 2. The van der Waals surface area contributed by atoms with E-state index in [0.717, 1.165) is 24.8 Å². The van der Waals surface area contributed by atoms with Crippen molar-refractivity contribution >= 4 is 11.8 Å². The summed E-state index contributed by atoms with van der Waals surface area (Å²) in [4.78, 5) is 31.4. The molecule has 0 radical (unpaired) electrons. The summed E-state index contributed by atoms with van der Waals surface area (Å²) in [6.45, 7) is 0.476. The van der Waals surface area contributed by atoms with Crippen LogP contribution in [0.4, 0.5) is 0 Å². The van der Waals surface area contributed by atoms with E-state index in [2.05, 4.69) is 10.3 Å². The van der Waals surface area contributed by atoms with E-state index in [1.54, 1.807) is 12.4 Å². The second-order valence-corrected chi connectivity index (χ2v) is 7.02. The van der Waals surface area contributed by atoms with Gasteiger partial charge in [0, 0.05) is 25.0 Å². The lowest BCUT2D eigenvalue weighted by molar-refractivity contribution is -0.165. The predicted octanol–water partition coefficient (Wildman–Crippen LogP) is 1.87. The lowest BCUT2D eigenvalue weighted by atomic mass is 9.98. The van der Waals surface area contributed by atoms with E-state index in [1.807, 2.05) is 47.4 Å². The van der Waals surface area contributed by atoms with Gasteiger partial charge in [0.15, 0.2) is 6.10 Å². The van der Waals surface area contributed by atoms with E-state index in [1.165, 1.54) is 5.56 Å². The van der Waals surface area contributed by atoms with Gasteiger partial charge in [-0.05, 0) is 36.5 Å². The van der Waals surface area contributed by atoms with Crippen molar-refractivity contribution in [1.82, 2.24) is 15.2 Å². The molecule has 0 spiro atoms. The van der Waals surface area contributed by atoms with Crippen LogP contribution < -0.4 is 5.32 Å². The Kier molecular flexibility index (Phi) is 5.16. The number of nitrogens with one attached hydrogen (secondary N) is 1. The Balaban J connectivity index is 1.48. The first kappa shape index (κ1) is 17.7. The molecule has 2 heterocycles. The Bertz CT molecular complexity index is 793. The number of aromatic nitrogens is 1. The standard InChI is InChI=1S/C21H23N3O3/c25-18-14-27-20(21(26)23-12-10-15-5-2-1-3-6-15)19(24(18)17-8-9-17)16-7-4-11-22-13-16/h1-7,11,13,17,19-20H,8-10,12,14H2,(H,23,26)/t19-,20+/m1/s1. The number of hydrogen-bond acceptors (Lipinski definition) is 4. The minimum atomic E-state index is -0.719. The molecule has 1 saturated heterocycles. The lowest BCUT2D eigenvalue weighted by Gasteiger charge is -2.40. The third-order valence-corrected chi connectivity index (χ3v) is 5.04. The fourth-order valence-corrected chi connectivity index (χ4v) is 3.59. The minimum absolute atomic E-state index is 0.0516. The lowest BCUT2D eigenvalue weighted by Crippen LogP contribution is -2.55. The Labute approximate surface area is 158 Å². The highest BCUT2D eigenvalue weighted by molar-refractivity contribution is 5.86. The van der Waals surface area contributed by atoms with Crippen molar-refractivity contribution in [3.8, 4) is 0 Å². The Morgan fingerprint density at radius 1 is 1.19 bits per heavy atom. The van der Waals surface area contributed by atoms with Gasteiger partial charge in [-0.1, -0.05) is 36.4 Å². The van der Waals surface area contributed by atoms with Crippen molar-refractivity contribution in [2.24, 2.45) is 0 Å². The molecule has 2 aromatic rings. The predicted molar refractivity (Wildman–Crippen MR) is 99.7 cm³/mol. The number of hydrogen-bond donors (Lipinski definition) is 1. The van der Waals surface area contributed by atoms with Gasteiger partial charge >= 0.3 is 0 Å². The highest BCUT2D eigenvalue weighted by Gasteiger charge is 2.47. The van der Waals surface area contributed by atoms with Gasteiger partial charge < -0.3 is 15.0 Å². The number of nitrogens with zero attached hydrogens (tertiary/aromatic N) is 2. The molecule has 2 fully saturated rings. The van der Waals surface area contributed by atoms with Crippen molar-refractivity contribution in [2.45, 2.75) is 37.5 Å². The van der Waals surface area contributed by atoms with Gasteiger partial charge in [-0.25, -0.2) is 0 Å². The summed E-state index contributed by atoms with van der Waals surface area (Å²) in [5.74, 6) is -0.238. The average Bonchev–Trinajstić information content (AvgIpc) is 3.54. The van der Waals surface area contributed by atoms with Crippen LogP contribution in [-0.2, 0) is 20.7 Å². The first-order valence-electron chi connectivity index (χ1n) is 9.38. The highest BCUT2D eigenvalue weighted by atomic mass is 16.5. The summed E-state index contributed by atoms with van der Waals surface area (Å²) in [6.07, 6.45) is 5.39. The molecule has 140 valence electrons. The summed E-state index contributed by atoms with van der Waals surface area (Å²) in [5.41, 5.74) is 2.00. The molecular weight excluding hydrogens is 342 g/mol. The molecule has 2 aliphatic rings. The van der Waals surface area contributed by atoms with Crippen LogP contribution in [0.3, 0.4) is 0 Å². The number of pyridine rings is 1. The average molecular weight is 365 g/mol. The molecule has 0 bridgehead atoms. The van der Waals surface area contributed by atoms with E-state index in [9.17, 15) is 9.59 Å². The molecule has 4 rings (SSSR count). The summed E-state index contributed by atoms with van der Waals surface area (Å²) in [6, 6.07) is 13.5. The van der Waals surface area contributed by atoms with Crippen LogP contribution in [-0.4, -0.2) is 47.0 Å².